The van der Waals surface area contributed by atoms with Crippen molar-refractivity contribution in [2.24, 2.45) is 0 Å². The van der Waals surface area contributed by atoms with Crippen LogP contribution in [0.2, 0.25) is 0 Å². The molecule has 17 heavy (non-hydrogen) atoms. The number of hydrogen-bond donors (Lipinski definition) is 2. The smallest absolute Gasteiger partial charge is 0.101 e. The number of nitrogen functional groups attached to an aromatic ring is 1. The molecule has 3 nitrogen and oxygen atoms in total. The fourth-order valence-corrected chi connectivity index (χ4v) is 3.28. The Balaban J connectivity index is 2.00. The lowest BCUT2D eigenvalue weighted by Gasteiger charge is -2.23. The number of thioether (sulfide) groups is 1. The number of nitrogens with two attached hydrogens (primary N) is 1. The van der Waals surface area contributed by atoms with Crippen LogP contribution in [0.5, 0.6) is 0 Å². The Morgan fingerprint density at radius 1 is 1.59 bits per heavy atom. The zero-order valence-corrected chi connectivity index (χ0v) is 10.8. The zero-order valence-electron chi connectivity index (χ0n) is 9.99. The zero-order chi connectivity index (χ0) is 12.3. The van der Waals surface area contributed by atoms with Crippen LogP contribution in [0.4, 0.5) is 11.4 Å². The summed E-state index contributed by atoms with van der Waals surface area (Å²) < 4.78 is 0.336. The van der Waals surface area contributed by atoms with Crippen molar-refractivity contribution in [2.45, 2.75) is 24.5 Å². The highest BCUT2D eigenvalue weighted by atomic mass is 32.2. The molecule has 0 saturated carbocycles. The molecule has 1 aliphatic rings. The monoisotopic (exact) mass is 247 g/mol. The quantitative estimate of drug-likeness (QED) is 0.806. The fraction of sp³-hybridized carbons (Fsp3) is 0.462. The van der Waals surface area contributed by atoms with E-state index < -0.39 is 0 Å². The SMILES string of the molecule is CC1(CNc2ccc(C#N)c(N)c2)CCCS1. The van der Waals surface area contributed by atoms with E-state index in [2.05, 4.69) is 18.3 Å². The average molecular weight is 247 g/mol. The van der Waals surface area contributed by atoms with Crippen LogP contribution < -0.4 is 11.1 Å². The second-order valence-corrected chi connectivity index (χ2v) is 6.35. The van der Waals surface area contributed by atoms with Crippen LogP contribution in [0.25, 0.3) is 0 Å². The normalized spacial score (nSPS) is 23.3. The summed E-state index contributed by atoms with van der Waals surface area (Å²) in [5.41, 5.74) is 7.86. The Morgan fingerprint density at radius 2 is 2.41 bits per heavy atom. The molecule has 4 heteroatoms. The largest absolute Gasteiger partial charge is 0.398 e. The summed E-state index contributed by atoms with van der Waals surface area (Å²) in [5, 5.41) is 12.2. The molecular weight excluding hydrogens is 230 g/mol. The second-order valence-electron chi connectivity index (χ2n) is 4.67. The molecule has 1 aromatic rings. The first-order valence-electron chi connectivity index (χ1n) is 5.80. The van der Waals surface area contributed by atoms with Gasteiger partial charge in [0.15, 0.2) is 0 Å². The Kier molecular flexibility index (Phi) is 3.49. The first-order valence-corrected chi connectivity index (χ1v) is 6.79. The third-order valence-corrected chi connectivity index (χ3v) is 4.68. The van der Waals surface area contributed by atoms with Crippen LogP contribution in [-0.2, 0) is 0 Å². The molecule has 0 amide bonds. The predicted octanol–water partition coefficient (Wildman–Crippen LogP) is 2.84. The molecule has 0 aromatic heterocycles. The van der Waals surface area contributed by atoms with Crippen molar-refractivity contribution in [2.75, 3.05) is 23.3 Å². The van der Waals surface area contributed by atoms with Crippen LogP contribution in [0.1, 0.15) is 25.3 Å². The molecule has 1 fully saturated rings. The van der Waals surface area contributed by atoms with Crippen LogP contribution in [0.15, 0.2) is 18.2 Å². The van der Waals surface area contributed by atoms with Gasteiger partial charge in [0, 0.05) is 17.0 Å². The number of nitrogens with zero attached hydrogens (tertiary/aromatic N) is 1. The van der Waals surface area contributed by atoms with Gasteiger partial charge in [-0.3, -0.25) is 0 Å². The van der Waals surface area contributed by atoms with E-state index in [1.165, 1.54) is 18.6 Å². The van der Waals surface area contributed by atoms with Crippen molar-refractivity contribution in [1.82, 2.24) is 0 Å². The Morgan fingerprint density at radius 3 is 3.00 bits per heavy atom. The van der Waals surface area contributed by atoms with Crippen molar-refractivity contribution < 1.29 is 0 Å². The highest BCUT2D eigenvalue weighted by molar-refractivity contribution is 8.00. The molecule has 1 saturated heterocycles. The van der Waals surface area contributed by atoms with Gasteiger partial charge >= 0.3 is 0 Å². The lowest BCUT2D eigenvalue weighted by molar-refractivity contribution is 0.635. The highest BCUT2D eigenvalue weighted by Crippen LogP contribution is 2.37. The first kappa shape index (κ1) is 12.1. The number of nitriles is 1. The molecule has 0 spiro atoms. The van der Waals surface area contributed by atoms with E-state index in [4.69, 9.17) is 11.0 Å². The summed E-state index contributed by atoms with van der Waals surface area (Å²) in [6.45, 7) is 3.24. The number of hydrogen-bond acceptors (Lipinski definition) is 4. The maximum absolute atomic E-state index is 8.80. The topological polar surface area (TPSA) is 61.8 Å². The summed E-state index contributed by atoms with van der Waals surface area (Å²) in [6.07, 6.45) is 2.56. The van der Waals surface area contributed by atoms with Crippen molar-refractivity contribution >= 4 is 23.1 Å². The minimum atomic E-state index is 0.336. The summed E-state index contributed by atoms with van der Waals surface area (Å²) in [4.78, 5) is 0. The Labute approximate surface area is 106 Å². The van der Waals surface area contributed by atoms with Gasteiger partial charge < -0.3 is 11.1 Å². The molecule has 90 valence electrons. The minimum Gasteiger partial charge on any atom is -0.398 e. The lowest BCUT2D eigenvalue weighted by Crippen LogP contribution is -2.27. The van der Waals surface area contributed by atoms with E-state index in [0.717, 1.165) is 12.2 Å². The fourth-order valence-electron chi connectivity index (χ4n) is 2.04. The van der Waals surface area contributed by atoms with E-state index >= 15 is 0 Å². The van der Waals surface area contributed by atoms with Crippen molar-refractivity contribution in [3.05, 3.63) is 23.8 Å². The van der Waals surface area contributed by atoms with E-state index in [1.807, 2.05) is 23.9 Å². The van der Waals surface area contributed by atoms with Gasteiger partial charge in [-0.1, -0.05) is 0 Å². The van der Waals surface area contributed by atoms with Crippen LogP contribution in [-0.4, -0.2) is 17.0 Å². The Bertz CT molecular complexity index is 444. The van der Waals surface area contributed by atoms with Gasteiger partial charge in [0.2, 0.25) is 0 Å². The molecule has 0 aliphatic carbocycles. The van der Waals surface area contributed by atoms with Gasteiger partial charge in [-0.05, 0) is 43.7 Å². The summed E-state index contributed by atoms with van der Waals surface area (Å²) in [7, 11) is 0. The summed E-state index contributed by atoms with van der Waals surface area (Å²) in [6, 6.07) is 7.59. The first-order chi connectivity index (χ1) is 8.13. The summed E-state index contributed by atoms with van der Waals surface area (Å²) >= 11 is 2.03. The highest BCUT2D eigenvalue weighted by Gasteiger charge is 2.28. The number of rotatable bonds is 3. The van der Waals surface area contributed by atoms with Crippen molar-refractivity contribution in [3.8, 4) is 6.07 Å². The van der Waals surface area contributed by atoms with E-state index in [-0.39, 0.29) is 0 Å². The predicted molar refractivity (Wildman–Crippen MR) is 74.2 cm³/mol. The van der Waals surface area contributed by atoms with E-state index in [1.54, 1.807) is 6.07 Å². The second kappa shape index (κ2) is 4.89. The average Bonchev–Trinajstić information content (AvgIpc) is 2.74. The molecule has 3 N–H and O–H groups in total. The van der Waals surface area contributed by atoms with Gasteiger partial charge in [-0.2, -0.15) is 17.0 Å². The molecule has 1 unspecified atom stereocenters. The molecule has 0 bridgehead atoms. The minimum absolute atomic E-state index is 0.336. The maximum Gasteiger partial charge on any atom is 0.101 e. The van der Waals surface area contributed by atoms with E-state index in [0.29, 0.717) is 16.0 Å². The molecule has 1 aliphatic heterocycles. The van der Waals surface area contributed by atoms with Gasteiger partial charge in [0.1, 0.15) is 6.07 Å². The molecule has 1 atom stereocenters. The van der Waals surface area contributed by atoms with Crippen molar-refractivity contribution in [3.63, 3.8) is 0 Å². The Hall–Kier alpha value is -1.34. The van der Waals surface area contributed by atoms with Crippen molar-refractivity contribution in [1.29, 1.82) is 5.26 Å². The van der Waals surface area contributed by atoms with Gasteiger partial charge in [0.25, 0.3) is 0 Å². The lowest BCUT2D eigenvalue weighted by atomic mass is 10.1. The van der Waals surface area contributed by atoms with E-state index in [9.17, 15) is 0 Å². The summed E-state index contributed by atoms with van der Waals surface area (Å²) in [5.74, 6) is 1.26. The van der Waals surface area contributed by atoms with Crippen LogP contribution in [0.3, 0.4) is 0 Å². The van der Waals surface area contributed by atoms with Gasteiger partial charge in [-0.25, -0.2) is 0 Å². The molecule has 2 rings (SSSR count). The third-order valence-electron chi connectivity index (χ3n) is 3.14. The molecular formula is C13H17N3S. The van der Waals surface area contributed by atoms with Crippen LogP contribution in [0, 0.1) is 11.3 Å². The van der Waals surface area contributed by atoms with Gasteiger partial charge in [-0.15, -0.1) is 0 Å². The number of nitrogens with one attached hydrogen (secondary N) is 1. The third kappa shape index (κ3) is 2.86. The maximum atomic E-state index is 8.80. The standard InChI is InChI=1S/C13H17N3S/c1-13(5-2-6-17-13)9-16-11-4-3-10(8-14)12(15)7-11/h3-4,7,16H,2,5-6,9,15H2,1H3. The number of benzene rings is 1. The molecule has 1 heterocycles. The molecule has 0 radical (unpaired) electrons. The molecule has 1 aromatic carbocycles. The number of anilines is 2. The van der Waals surface area contributed by atoms with Crippen LogP contribution >= 0.6 is 11.8 Å². The van der Waals surface area contributed by atoms with Gasteiger partial charge in [0.05, 0.1) is 11.3 Å².